The van der Waals surface area contributed by atoms with Gasteiger partial charge in [-0.05, 0) is 43.2 Å². The Bertz CT molecular complexity index is 1040. The van der Waals surface area contributed by atoms with Crippen molar-refractivity contribution in [3.8, 4) is 11.5 Å². The number of pyridine rings is 1. The highest BCUT2D eigenvalue weighted by Crippen LogP contribution is 2.37. The Morgan fingerprint density at radius 3 is 2.64 bits per heavy atom. The van der Waals surface area contributed by atoms with Crippen molar-refractivity contribution in [1.29, 1.82) is 0 Å². The molecule has 1 aromatic carbocycles. The number of methoxy groups -OCH3 is 1. The van der Waals surface area contributed by atoms with Crippen molar-refractivity contribution >= 4 is 29.6 Å². The first-order valence-corrected chi connectivity index (χ1v) is 11.4. The first-order valence-electron chi connectivity index (χ1n) is 10.6. The van der Waals surface area contributed by atoms with Gasteiger partial charge in [0.2, 0.25) is 0 Å². The van der Waals surface area contributed by atoms with Gasteiger partial charge in [0.15, 0.2) is 18.1 Å². The minimum atomic E-state index is -0.624. The quantitative estimate of drug-likeness (QED) is 0.587. The number of hydrogen-bond acceptors (Lipinski definition) is 9. The van der Waals surface area contributed by atoms with Crippen molar-refractivity contribution in [3.63, 3.8) is 0 Å². The molecule has 2 aliphatic heterocycles. The largest absolute Gasteiger partial charge is 0.486 e. The highest BCUT2D eigenvalue weighted by Gasteiger charge is 2.28. The van der Waals surface area contributed by atoms with Crippen LogP contribution in [0.1, 0.15) is 23.2 Å². The maximum absolute atomic E-state index is 12.7. The van der Waals surface area contributed by atoms with Gasteiger partial charge in [-0.2, -0.15) is 0 Å². The zero-order chi connectivity index (χ0) is 23.2. The van der Waals surface area contributed by atoms with Gasteiger partial charge in [0.25, 0.3) is 5.91 Å². The first-order chi connectivity index (χ1) is 16.0. The van der Waals surface area contributed by atoms with E-state index in [-0.39, 0.29) is 30.0 Å². The molecule has 0 atom stereocenters. The molecule has 2 aliphatic rings. The van der Waals surface area contributed by atoms with Crippen LogP contribution in [-0.2, 0) is 19.1 Å². The molecule has 4 rings (SSSR count). The Morgan fingerprint density at radius 1 is 1.12 bits per heavy atom. The van der Waals surface area contributed by atoms with Gasteiger partial charge in [0.1, 0.15) is 18.2 Å². The summed E-state index contributed by atoms with van der Waals surface area (Å²) in [5, 5.41) is 0.463. The van der Waals surface area contributed by atoms with Crippen LogP contribution in [0.5, 0.6) is 11.5 Å². The average Bonchev–Trinajstić information content (AvgIpc) is 2.87. The molecule has 1 amide bonds. The Morgan fingerprint density at radius 2 is 1.88 bits per heavy atom. The molecule has 1 aromatic heterocycles. The summed E-state index contributed by atoms with van der Waals surface area (Å²) in [7, 11) is 1.36. The predicted molar refractivity (Wildman–Crippen MR) is 117 cm³/mol. The highest BCUT2D eigenvalue weighted by molar-refractivity contribution is 7.99. The fraction of sp³-hybridized carbons (Fsp3) is 0.391. The predicted octanol–water partition coefficient (Wildman–Crippen LogP) is 2.57. The van der Waals surface area contributed by atoms with Gasteiger partial charge in [0, 0.05) is 24.2 Å². The summed E-state index contributed by atoms with van der Waals surface area (Å²) >= 11 is 1.30. The van der Waals surface area contributed by atoms with Crippen LogP contribution in [0.25, 0.3) is 0 Å². The zero-order valence-electron chi connectivity index (χ0n) is 18.2. The number of benzene rings is 1. The van der Waals surface area contributed by atoms with Crippen LogP contribution in [0, 0.1) is 5.92 Å². The molecule has 3 heterocycles. The van der Waals surface area contributed by atoms with Crippen molar-refractivity contribution in [2.75, 3.05) is 40.0 Å². The molecular weight excluding hydrogens is 448 g/mol. The number of nitrogens with zero attached hydrogens (tertiary/aromatic N) is 2. The number of fused-ring (bicyclic) bond motifs is 1. The number of amides is 1. The lowest BCUT2D eigenvalue weighted by atomic mass is 9.97. The van der Waals surface area contributed by atoms with Gasteiger partial charge in [-0.15, -0.1) is 0 Å². The van der Waals surface area contributed by atoms with E-state index >= 15 is 0 Å². The van der Waals surface area contributed by atoms with Crippen molar-refractivity contribution in [3.05, 3.63) is 42.1 Å². The molecule has 174 valence electrons. The Hall–Kier alpha value is -3.27. The Balaban J connectivity index is 1.35. The summed E-state index contributed by atoms with van der Waals surface area (Å²) in [6, 6.07) is 8.78. The summed E-state index contributed by atoms with van der Waals surface area (Å²) in [5.41, 5.74) is 0.273. The molecule has 0 aliphatic carbocycles. The monoisotopic (exact) mass is 472 g/mol. The fourth-order valence-electron chi connectivity index (χ4n) is 3.65. The second-order valence-corrected chi connectivity index (χ2v) is 8.58. The molecule has 0 radical (unpaired) electrons. The number of esters is 2. The second kappa shape index (κ2) is 10.6. The van der Waals surface area contributed by atoms with E-state index in [9.17, 15) is 14.4 Å². The minimum Gasteiger partial charge on any atom is -0.486 e. The molecular formula is C23H24N2O7S. The molecule has 33 heavy (non-hydrogen) atoms. The lowest BCUT2D eigenvalue weighted by molar-refractivity contribution is -0.149. The van der Waals surface area contributed by atoms with Crippen LogP contribution in [0.4, 0.5) is 0 Å². The number of ether oxygens (including phenoxy) is 4. The SMILES string of the molecule is COC(=O)C1CCN(C(=O)COC(=O)c2cccnc2Sc2ccc3c(c2)OCCO3)CC1. The fourth-order valence-corrected chi connectivity index (χ4v) is 4.55. The van der Waals surface area contributed by atoms with Gasteiger partial charge >= 0.3 is 11.9 Å². The van der Waals surface area contributed by atoms with E-state index in [0.717, 1.165) is 4.90 Å². The summed E-state index contributed by atoms with van der Waals surface area (Å²) in [6.45, 7) is 1.47. The third kappa shape index (κ3) is 5.57. The number of carbonyl (C=O) groups is 3. The number of rotatable bonds is 6. The molecule has 10 heteroatoms. The number of likely N-dealkylation sites (tertiary alicyclic amines) is 1. The van der Waals surface area contributed by atoms with Crippen LogP contribution in [-0.4, -0.2) is 67.7 Å². The second-order valence-electron chi connectivity index (χ2n) is 7.52. The number of carbonyl (C=O) groups excluding carboxylic acids is 3. The van der Waals surface area contributed by atoms with E-state index in [1.165, 1.54) is 18.9 Å². The van der Waals surface area contributed by atoms with E-state index < -0.39 is 5.97 Å². The number of piperidine rings is 1. The smallest absolute Gasteiger partial charge is 0.341 e. The molecule has 0 unspecified atom stereocenters. The summed E-state index contributed by atoms with van der Waals surface area (Å²) < 4.78 is 21.2. The van der Waals surface area contributed by atoms with Gasteiger partial charge in [-0.25, -0.2) is 9.78 Å². The summed E-state index contributed by atoms with van der Waals surface area (Å²) in [6.07, 6.45) is 2.66. The van der Waals surface area contributed by atoms with Gasteiger partial charge in [0.05, 0.1) is 18.6 Å². The summed E-state index contributed by atoms with van der Waals surface area (Å²) in [5.74, 6) is -0.0453. The normalized spacial score (nSPS) is 15.6. The highest BCUT2D eigenvalue weighted by atomic mass is 32.2. The standard InChI is InChI=1S/C23H24N2O7S/c1-29-22(27)15-6-9-25(10-7-15)20(26)14-32-23(28)17-3-2-8-24-21(17)33-16-4-5-18-19(13-16)31-12-11-30-18/h2-5,8,13,15H,6-7,9-12,14H2,1H3. The minimum absolute atomic E-state index is 0.197. The third-order valence-electron chi connectivity index (χ3n) is 5.43. The molecule has 0 saturated carbocycles. The first kappa shape index (κ1) is 22.9. The van der Waals surface area contributed by atoms with Crippen LogP contribution < -0.4 is 9.47 Å². The van der Waals surface area contributed by atoms with E-state index in [0.29, 0.717) is 55.7 Å². The van der Waals surface area contributed by atoms with Gasteiger partial charge < -0.3 is 23.8 Å². The number of aromatic nitrogens is 1. The zero-order valence-corrected chi connectivity index (χ0v) is 19.0. The van der Waals surface area contributed by atoms with Crippen LogP contribution in [0.2, 0.25) is 0 Å². The Labute approximate surface area is 195 Å². The van der Waals surface area contributed by atoms with E-state index in [1.54, 1.807) is 23.2 Å². The van der Waals surface area contributed by atoms with Crippen LogP contribution in [0.15, 0.2) is 46.5 Å². The topological polar surface area (TPSA) is 104 Å². The molecule has 0 bridgehead atoms. The van der Waals surface area contributed by atoms with Gasteiger partial charge in [-0.3, -0.25) is 9.59 Å². The number of hydrogen-bond donors (Lipinski definition) is 0. The van der Waals surface area contributed by atoms with Crippen LogP contribution >= 0.6 is 11.8 Å². The molecule has 0 N–H and O–H groups in total. The molecule has 1 fully saturated rings. The van der Waals surface area contributed by atoms with Crippen molar-refractivity contribution in [2.24, 2.45) is 5.92 Å². The third-order valence-corrected chi connectivity index (χ3v) is 6.44. The van der Waals surface area contributed by atoms with Crippen molar-refractivity contribution in [2.45, 2.75) is 22.8 Å². The lowest BCUT2D eigenvalue weighted by Gasteiger charge is -2.30. The van der Waals surface area contributed by atoms with Crippen molar-refractivity contribution < 1.29 is 33.3 Å². The maximum Gasteiger partial charge on any atom is 0.341 e. The van der Waals surface area contributed by atoms with E-state index in [2.05, 4.69) is 4.98 Å². The van der Waals surface area contributed by atoms with Gasteiger partial charge in [-0.1, -0.05) is 11.8 Å². The maximum atomic E-state index is 12.7. The lowest BCUT2D eigenvalue weighted by Crippen LogP contribution is -2.42. The average molecular weight is 473 g/mol. The van der Waals surface area contributed by atoms with E-state index in [1.807, 2.05) is 18.2 Å². The summed E-state index contributed by atoms with van der Waals surface area (Å²) in [4.78, 5) is 43.6. The molecule has 9 nitrogen and oxygen atoms in total. The van der Waals surface area contributed by atoms with Crippen molar-refractivity contribution in [1.82, 2.24) is 9.88 Å². The van der Waals surface area contributed by atoms with Crippen LogP contribution in [0.3, 0.4) is 0 Å². The molecule has 1 saturated heterocycles. The van der Waals surface area contributed by atoms with E-state index in [4.69, 9.17) is 18.9 Å². The molecule has 2 aromatic rings. The Kier molecular flexibility index (Phi) is 7.33. The molecule has 0 spiro atoms.